The molecule has 1 aromatic carbocycles. The highest BCUT2D eigenvalue weighted by Crippen LogP contribution is 2.30. The van der Waals surface area contributed by atoms with E-state index < -0.39 is 10.0 Å². The van der Waals surface area contributed by atoms with E-state index in [2.05, 4.69) is 12.2 Å². The minimum atomic E-state index is -3.73. The van der Waals surface area contributed by atoms with Gasteiger partial charge in [0.05, 0.1) is 23.8 Å². The number of primary sulfonamides is 1. The van der Waals surface area contributed by atoms with E-state index in [-0.39, 0.29) is 17.0 Å². The Balaban J connectivity index is 2.21. The van der Waals surface area contributed by atoms with Gasteiger partial charge in [0.1, 0.15) is 5.75 Å². The summed E-state index contributed by atoms with van der Waals surface area (Å²) >= 11 is 0. The van der Waals surface area contributed by atoms with Crippen molar-refractivity contribution in [2.75, 3.05) is 19.0 Å². The molecule has 0 aromatic heterocycles. The van der Waals surface area contributed by atoms with Gasteiger partial charge in [-0.3, -0.25) is 0 Å². The number of hydrogen-bond donors (Lipinski definition) is 2. The molecule has 2 atom stereocenters. The molecule has 7 heteroatoms. The van der Waals surface area contributed by atoms with Crippen LogP contribution in [0, 0.1) is 0 Å². The summed E-state index contributed by atoms with van der Waals surface area (Å²) in [5, 5.41) is 8.53. The third-order valence-electron chi connectivity index (χ3n) is 3.68. The second kappa shape index (κ2) is 6.64. The van der Waals surface area contributed by atoms with Gasteiger partial charge in [0, 0.05) is 12.6 Å². The average molecular weight is 314 g/mol. The Morgan fingerprint density at radius 1 is 1.48 bits per heavy atom. The average Bonchev–Trinajstić information content (AvgIpc) is 2.46. The molecular formula is C14H22N2O4S. The number of methoxy groups -OCH3 is 1. The van der Waals surface area contributed by atoms with Gasteiger partial charge in [0.15, 0.2) is 0 Å². The molecule has 118 valence electrons. The zero-order chi connectivity index (χ0) is 15.5. The van der Waals surface area contributed by atoms with E-state index in [0.717, 1.165) is 19.3 Å². The Kier molecular flexibility index (Phi) is 5.08. The van der Waals surface area contributed by atoms with Crippen LogP contribution in [0.5, 0.6) is 5.75 Å². The molecule has 0 spiro atoms. The molecule has 1 saturated heterocycles. The lowest BCUT2D eigenvalue weighted by Crippen LogP contribution is -2.33. The fourth-order valence-corrected chi connectivity index (χ4v) is 3.03. The fourth-order valence-electron chi connectivity index (χ4n) is 2.49. The maximum Gasteiger partial charge on any atom is 0.238 e. The van der Waals surface area contributed by atoms with Crippen LogP contribution in [0.1, 0.15) is 26.2 Å². The molecular weight excluding hydrogens is 292 g/mol. The van der Waals surface area contributed by atoms with Crippen molar-refractivity contribution in [1.29, 1.82) is 0 Å². The van der Waals surface area contributed by atoms with Gasteiger partial charge in [-0.1, -0.05) is 6.92 Å². The number of ether oxygens (including phenoxy) is 2. The second-order valence-corrected chi connectivity index (χ2v) is 6.74. The molecule has 0 saturated carbocycles. The van der Waals surface area contributed by atoms with E-state index in [1.807, 2.05) is 0 Å². The Morgan fingerprint density at radius 3 is 2.86 bits per heavy atom. The van der Waals surface area contributed by atoms with Crippen molar-refractivity contribution in [2.45, 2.75) is 43.2 Å². The normalized spacial score (nSPS) is 22.8. The van der Waals surface area contributed by atoms with Gasteiger partial charge < -0.3 is 14.8 Å². The summed E-state index contributed by atoms with van der Waals surface area (Å²) in [6.45, 7) is 2.79. The molecule has 3 N–H and O–H groups in total. The predicted molar refractivity (Wildman–Crippen MR) is 81.0 cm³/mol. The maximum absolute atomic E-state index is 11.5. The standard InChI is InChI=1S/C14H22N2O4S/c1-3-11-8-10(6-7-20-11)16-13-9-12(21(15,17)18)4-5-14(13)19-2/h4-5,9-11,16H,3,6-8H2,1-2H3,(H2,15,17,18). The van der Waals surface area contributed by atoms with E-state index in [1.54, 1.807) is 13.2 Å². The molecule has 2 unspecified atom stereocenters. The Morgan fingerprint density at radius 2 is 2.24 bits per heavy atom. The van der Waals surface area contributed by atoms with Gasteiger partial charge in [0.2, 0.25) is 10.0 Å². The van der Waals surface area contributed by atoms with Crippen LogP contribution in [0.2, 0.25) is 0 Å². The van der Waals surface area contributed by atoms with Crippen molar-refractivity contribution in [3.05, 3.63) is 18.2 Å². The Labute approximate surface area is 125 Å². The van der Waals surface area contributed by atoms with Crippen LogP contribution in [0.3, 0.4) is 0 Å². The molecule has 1 aromatic rings. The summed E-state index contributed by atoms with van der Waals surface area (Å²) < 4.78 is 33.8. The summed E-state index contributed by atoms with van der Waals surface area (Å²) in [6.07, 6.45) is 2.97. The van der Waals surface area contributed by atoms with E-state index in [0.29, 0.717) is 18.0 Å². The van der Waals surface area contributed by atoms with Gasteiger partial charge in [-0.15, -0.1) is 0 Å². The van der Waals surface area contributed by atoms with Crippen molar-refractivity contribution in [3.8, 4) is 5.75 Å². The lowest BCUT2D eigenvalue weighted by atomic mass is 10.0. The number of sulfonamides is 1. The minimum Gasteiger partial charge on any atom is -0.495 e. The van der Waals surface area contributed by atoms with Crippen LogP contribution in [0.4, 0.5) is 5.69 Å². The number of anilines is 1. The molecule has 6 nitrogen and oxygen atoms in total. The van der Waals surface area contributed by atoms with E-state index in [4.69, 9.17) is 14.6 Å². The molecule has 1 aliphatic heterocycles. The number of benzene rings is 1. The monoisotopic (exact) mass is 314 g/mol. The first-order valence-electron chi connectivity index (χ1n) is 7.03. The van der Waals surface area contributed by atoms with Gasteiger partial charge in [-0.25, -0.2) is 13.6 Å². The highest BCUT2D eigenvalue weighted by molar-refractivity contribution is 7.89. The van der Waals surface area contributed by atoms with E-state index in [1.165, 1.54) is 12.1 Å². The fraction of sp³-hybridized carbons (Fsp3) is 0.571. The van der Waals surface area contributed by atoms with E-state index in [9.17, 15) is 8.42 Å². The van der Waals surface area contributed by atoms with Gasteiger partial charge in [0.25, 0.3) is 0 Å². The van der Waals surface area contributed by atoms with Crippen LogP contribution in [-0.2, 0) is 14.8 Å². The third-order valence-corrected chi connectivity index (χ3v) is 4.59. The van der Waals surface area contributed by atoms with E-state index >= 15 is 0 Å². The minimum absolute atomic E-state index is 0.0740. The first kappa shape index (κ1) is 16.1. The first-order chi connectivity index (χ1) is 9.94. The van der Waals surface area contributed by atoms with Crippen LogP contribution in [-0.4, -0.2) is 34.3 Å². The SMILES string of the molecule is CCC1CC(Nc2cc(S(N)(=O)=O)ccc2OC)CCO1. The molecule has 0 aliphatic carbocycles. The smallest absolute Gasteiger partial charge is 0.238 e. The van der Waals surface area contributed by atoms with Crippen LogP contribution in [0.15, 0.2) is 23.1 Å². The molecule has 21 heavy (non-hydrogen) atoms. The van der Waals surface area contributed by atoms with Crippen molar-refractivity contribution in [3.63, 3.8) is 0 Å². The van der Waals surface area contributed by atoms with Crippen LogP contribution in [0.25, 0.3) is 0 Å². The second-order valence-electron chi connectivity index (χ2n) is 5.17. The van der Waals surface area contributed by atoms with Crippen molar-refractivity contribution < 1.29 is 17.9 Å². The maximum atomic E-state index is 11.5. The van der Waals surface area contributed by atoms with Crippen molar-refractivity contribution in [1.82, 2.24) is 0 Å². The topological polar surface area (TPSA) is 90.7 Å². The molecule has 0 radical (unpaired) electrons. The number of rotatable bonds is 5. The van der Waals surface area contributed by atoms with Crippen molar-refractivity contribution >= 4 is 15.7 Å². The van der Waals surface area contributed by atoms with Gasteiger partial charge in [-0.05, 0) is 37.5 Å². The summed E-state index contributed by atoms with van der Waals surface area (Å²) in [6, 6.07) is 4.80. The highest BCUT2D eigenvalue weighted by atomic mass is 32.2. The molecule has 0 amide bonds. The first-order valence-corrected chi connectivity index (χ1v) is 8.57. The van der Waals surface area contributed by atoms with Gasteiger partial charge in [-0.2, -0.15) is 0 Å². The van der Waals surface area contributed by atoms with Crippen LogP contribution >= 0.6 is 0 Å². The van der Waals surface area contributed by atoms with Gasteiger partial charge >= 0.3 is 0 Å². The summed E-state index contributed by atoms with van der Waals surface area (Å²) in [5.74, 6) is 0.599. The lowest BCUT2D eigenvalue weighted by Gasteiger charge is -2.30. The Bertz CT molecular complexity index is 589. The number of hydrogen-bond acceptors (Lipinski definition) is 5. The zero-order valence-corrected chi connectivity index (χ0v) is 13.2. The number of nitrogens with one attached hydrogen (secondary N) is 1. The molecule has 1 aliphatic rings. The summed E-state index contributed by atoms with van der Waals surface area (Å²) in [4.78, 5) is 0.0740. The lowest BCUT2D eigenvalue weighted by molar-refractivity contribution is 0.00922. The summed E-state index contributed by atoms with van der Waals surface area (Å²) in [5.41, 5.74) is 0.644. The number of nitrogens with two attached hydrogens (primary N) is 1. The molecule has 2 rings (SSSR count). The third kappa shape index (κ3) is 4.09. The quantitative estimate of drug-likeness (QED) is 0.863. The molecule has 1 fully saturated rings. The van der Waals surface area contributed by atoms with Crippen molar-refractivity contribution in [2.24, 2.45) is 5.14 Å². The summed E-state index contributed by atoms with van der Waals surface area (Å²) in [7, 11) is -2.18. The van der Waals surface area contributed by atoms with Crippen LogP contribution < -0.4 is 15.2 Å². The zero-order valence-electron chi connectivity index (χ0n) is 12.3. The predicted octanol–water partition coefficient (Wildman–Crippen LogP) is 1.71. The molecule has 0 bridgehead atoms. The Hall–Kier alpha value is -1.31. The highest BCUT2D eigenvalue weighted by Gasteiger charge is 2.22. The molecule has 1 heterocycles. The largest absolute Gasteiger partial charge is 0.495 e.